The smallest absolute Gasteiger partial charge is 0.406 e. The molecule has 1 aliphatic carbocycles. The van der Waals surface area contributed by atoms with E-state index in [1.54, 1.807) is 31.2 Å². The summed E-state index contributed by atoms with van der Waals surface area (Å²) in [7, 11) is 0. The highest BCUT2D eigenvalue weighted by Crippen LogP contribution is 2.81. The number of alkyl halides is 3. The van der Waals surface area contributed by atoms with Crippen LogP contribution in [0.15, 0.2) is 66.7 Å². The Labute approximate surface area is 216 Å². The Kier molecular flexibility index (Phi) is 5.23. The maximum Gasteiger partial charge on any atom is 0.573 e. The minimum Gasteiger partial charge on any atom is -0.406 e. The highest BCUT2D eigenvalue weighted by molar-refractivity contribution is 6.34. The maximum absolute atomic E-state index is 14.2. The lowest BCUT2D eigenvalue weighted by atomic mass is 9.78. The topological polar surface area (TPSA) is 74.8 Å². The van der Waals surface area contributed by atoms with Gasteiger partial charge in [0, 0.05) is 0 Å². The van der Waals surface area contributed by atoms with Crippen LogP contribution in [-0.4, -0.2) is 23.7 Å². The number of ether oxygens (including phenoxy) is 1. The van der Waals surface area contributed by atoms with Gasteiger partial charge in [-0.2, -0.15) is 5.26 Å². The number of aryl methyl sites for hydroxylation is 2. The van der Waals surface area contributed by atoms with Crippen LogP contribution < -0.4 is 9.64 Å². The molecule has 0 unspecified atom stereocenters. The van der Waals surface area contributed by atoms with Gasteiger partial charge in [0.1, 0.15) is 11.2 Å². The molecule has 1 heterocycles. The van der Waals surface area contributed by atoms with Crippen molar-refractivity contribution < 1.29 is 27.5 Å². The summed E-state index contributed by atoms with van der Waals surface area (Å²) in [6.45, 7) is 11.2. The molecule has 9 heteroatoms. The molecule has 6 nitrogen and oxygen atoms in total. The van der Waals surface area contributed by atoms with E-state index in [0.29, 0.717) is 22.4 Å². The van der Waals surface area contributed by atoms with Gasteiger partial charge in [0.15, 0.2) is 5.41 Å². The summed E-state index contributed by atoms with van der Waals surface area (Å²) >= 11 is 0. The predicted molar refractivity (Wildman–Crippen MR) is 133 cm³/mol. The average molecular weight is 516 g/mol. The molecule has 0 radical (unpaired) electrons. The number of hydrogen-bond acceptors (Lipinski definition) is 4. The van der Waals surface area contributed by atoms with Crippen LogP contribution in [0.5, 0.6) is 5.75 Å². The Morgan fingerprint density at radius 2 is 1.45 bits per heavy atom. The highest BCUT2D eigenvalue weighted by atomic mass is 19.4. The second-order valence-electron chi connectivity index (χ2n) is 9.77. The summed E-state index contributed by atoms with van der Waals surface area (Å²) in [5.74, 6) is -1.64. The highest BCUT2D eigenvalue weighted by Gasteiger charge is 3.06. The van der Waals surface area contributed by atoms with Crippen molar-refractivity contribution in [2.45, 2.75) is 38.1 Å². The van der Waals surface area contributed by atoms with Crippen LogP contribution in [0.25, 0.3) is 4.85 Å². The van der Waals surface area contributed by atoms with Gasteiger partial charge >= 0.3 is 17.8 Å². The Bertz CT molecular complexity index is 1560. The van der Waals surface area contributed by atoms with Crippen LogP contribution in [0.3, 0.4) is 0 Å². The molecule has 190 valence electrons. The fraction of sp³-hybridized carbons (Fsp3) is 0.241. The van der Waals surface area contributed by atoms with Crippen molar-refractivity contribution in [2.24, 2.45) is 5.41 Å². The number of rotatable bonds is 4. The zero-order valence-electron chi connectivity index (χ0n) is 20.6. The number of carbonyl (C=O) groups is 2. The van der Waals surface area contributed by atoms with E-state index in [9.17, 15) is 28.0 Å². The predicted octanol–water partition coefficient (Wildman–Crippen LogP) is 5.65. The molecule has 38 heavy (non-hydrogen) atoms. The molecule has 1 aliphatic heterocycles. The number of nitriles is 1. The lowest BCUT2D eigenvalue weighted by Crippen LogP contribution is -2.45. The van der Waals surface area contributed by atoms with E-state index in [1.165, 1.54) is 24.3 Å². The Balaban J connectivity index is 1.72. The number of imide groups is 1. The first kappa shape index (κ1) is 25.0. The number of benzene rings is 3. The van der Waals surface area contributed by atoms with Gasteiger partial charge in [-0.1, -0.05) is 35.2 Å². The first-order valence-corrected chi connectivity index (χ1v) is 11.6. The SMILES string of the molecule is C#[N+][C@@]12C(=O)N(c3cc(C)cc(C)c3)C(=O)[C@]1(C)[C@@]2(c1ccc(C#N)cc1)c1ccc(OC(F)(F)F)cc1. The second-order valence-corrected chi connectivity index (χ2v) is 9.77. The van der Waals surface area contributed by atoms with Gasteiger partial charge in [-0.05, 0) is 79.4 Å². The van der Waals surface area contributed by atoms with Crippen molar-refractivity contribution in [3.05, 3.63) is 99.4 Å². The number of hydrogen-bond donors (Lipinski definition) is 0. The molecular weight excluding hydrogens is 495 g/mol. The van der Waals surface area contributed by atoms with E-state index in [-0.39, 0.29) is 0 Å². The monoisotopic (exact) mass is 516 g/mol. The van der Waals surface area contributed by atoms with Crippen molar-refractivity contribution in [3.8, 4) is 18.4 Å². The lowest BCUT2D eigenvalue weighted by Gasteiger charge is -2.27. The van der Waals surface area contributed by atoms with Crippen LogP contribution in [0.1, 0.15) is 34.7 Å². The van der Waals surface area contributed by atoms with Crippen molar-refractivity contribution in [1.82, 2.24) is 0 Å². The third-order valence-corrected chi connectivity index (χ3v) is 7.72. The molecule has 0 aromatic heterocycles. The number of piperidine rings is 1. The zero-order valence-corrected chi connectivity index (χ0v) is 20.6. The molecule has 1 saturated heterocycles. The van der Waals surface area contributed by atoms with Crippen LogP contribution in [0, 0.1) is 37.2 Å². The average Bonchev–Trinajstić information content (AvgIpc) is 3.31. The number of nitrogens with zero attached hydrogens (tertiary/aromatic N) is 3. The molecule has 0 spiro atoms. The molecule has 3 atom stereocenters. The molecule has 2 aliphatic rings. The molecule has 0 N–H and O–H groups in total. The fourth-order valence-electron chi connectivity index (χ4n) is 6.32. The van der Waals surface area contributed by atoms with Crippen molar-refractivity contribution in [3.63, 3.8) is 0 Å². The fourth-order valence-corrected chi connectivity index (χ4v) is 6.32. The summed E-state index contributed by atoms with van der Waals surface area (Å²) in [6.07, 6.45) is -4.89. The first-order chi connectivity index (χ1) is 17.9. The second kappa shape index (κ2) is 7.93. The quantitative estimate of drug-likeness (QED) is 0.420. The van der Waals surface area contributed by atoms with Gasteiger partial charge < -0.3 is 4.74 Å². The van der Waals surface area contributed by atoms with Crippen molar-refractivity contribution >= 4 is 17.5 Å². The van der Waals surface area contributed by atoms with E-state index >= 15 is 0 Å². The third kappa shape index (κ3) is 2.99. The minimum absolute atomic E-state index is 0.349. The molecule has 3 aromatic carbocycles. The molecule has 2 fully saturated rings. The van der Waals surface area contributed by atoms with Gasteiger partial charge in [-0.15, -0.1) is 13.2 Å². The van der Waals surface area contributed by atoms with Crippen molar-refractivity contribution in [2.75, 3.05) is 4.90 Å². The Morgan fingerprint density at radius 1 is 0.921 bits per heavy atom. The summed E-state index contributed by atoms with van der Waals surface area (Å²) in [6, 6.07) is 18.6. The summed E-state index contributed by atoms with van der Waals surface area (Å²) < 4.78 is 42.3. The van der Waals surface area contributed by atoms with Crippen LogP contribution in [0.2, 0.25) is 0 Å². The van der Waals surface area contributed by atoms with Gasteiger partial charge in [0.05, 0.1) is 17.3 Å². The van der Waals surface area contributed by atoms with E-state index in [4.69, 9.17) is 6.57 Å². The number of amides is 2. The van der Waals surface area contributed by atoms with E-state index < -0.39 is 40.3 Å². The van der Waals surface area contributed by atoms with Crippen LogP contribution >= 0.6 is 0 Å². The Hall–Kier alpha value is -4.63. The lowest BCUT2D eigenvalue weighted by molar-refractivity contribution is -0.274. The molecule has 2 amide bonds. The Morgan fingerprint density at radius 3 is 1.89 bits per heavy atom. The first-order valence-electron chi connectivity index (χ1n) is 11.6. The molecular formula is C29H21F3N3O3+. The zero-order chi connectivity index (χ0) is 27.7. The maximum atomic E-state index is 14.2. The molecule has 3 aromatic rings. The van der Waals surface area contributed by atoms with Gasteiger partial charge in [-0.25, -0.2) is 4.90 Å². The summed E-state index contributed by atoms with van der Waals surface area (Å²) in [4.78, 5) is 33.5. The third-order valence-electron chi connectivity index (χ3n) is 7.72. The van der Waals surface area contributed by atoms with Gasteiger partial charge in [-0.3, -0.25) is 9.59 Å². The summed E-state index contributed by atoms with van der Waals surface area (Å²) in [5.41, 5.74) is -1.47. The summed E-state index contributed by atoms with van der Waals surface area (Å²) in [5, 5.41) is 9.28. The van der Waals surface area contributed by atoms with Gasteiger partial charge in [0.25, 0.3) is 12.5 Å². The van der Waals surface area contributed by atoms with E-state index in [1.807, 2.05) is 26.0 Å². The number of halogens is 3. The standard InChI is InChI=1S/C29H21F3N3O3/c1-17-13-18(2)15-22(14-17)35-24(36)26(3)27(28(26,34-4)25(35)37,20-7-5-19(16-33)6-8-20)21-9-11-23(12-10-21)38-29(30,31)32/h4-15H,1-3H3/q+1/t26-,27-,28+/m1/s1. The van der Waals surface area contributed by atoms with E-state index in [2.05, 4.69) is 9.58 Å². The molecule has 5 rings (SSSR count). The van der Waals surface area contributed by atoms with Crippen molar-refractivity contribution in [1.29, 1.82) is 5.26 Å². The number of fused-ring (bicyclic) bond motifs is 1. The largest absolute Gasteiger partial charge is 0.573 e. The minimum atomic E-state index is -4.89. The van der Waals surface area contributed by atoms with Gasteiger partial charge in [0.2, 0.25) is 0 Å². The normalized spacial score (nSPS) is 25.9. The van der Waals surface area contributed by atoms with Crippen LogP contribution in [-0.2, 0) is 15.0 Å². The molecule has 1 saturated carbocycles. The number of carbonyl (C=O) groups excluding carboxylic acids is 2. The molecule has 0 bridgehead atoms. The van der Waals surface area contributed by atoms with Crippen LogP contribution in [0.4, 0.5) is 18.9 Å². The van der Waals surface area contributed by atoms with E-state index in [0.717, 1.165) is 28.2 Å². The number of anilines is 1.